The van der Waals surface area contributed by atoms with Crippen molar-refractivity contribution in [3.63, 3.8) is 0 Å². The molecule has 0 saturated heterocycles. The molecule has 17 heavy (non-hydrogen) atoms. The van der Waals surface area contributed by atoms with E-state index in [2.05, 4.69) is 21.9 Å². The molecule has 0 aliphatic heterocycles. The molecule has 0 unspecified atom stereocenters. The van der Waals surface area contributed by atoms with Crippen molar-refractivity contribution in [1.82, 2.24) is 15.0 Å². The smallest absolute Gasteiger partial charge is 0.256 e. The van der Waals surface area contributed by atoms with E-state index in [9.17, 15) is 0 Å². The molecule has 0 aliphatic carbocycles. The molecule has 0 spiro atoms. The van der Waals surface area contributed by atoms with E-state index in [-0.39, 0.29) is 11.9 Å². The van der Waals surface area contributed by atoms with E-state index in [1.54, 1.807) is 7.05 Å². The summed E-state index contributed by atoms with van der Waals surface area (Å²) < 4.78 is 0. The Morgan fingerprint density at radius 1 is 1.06 bits per heavy atom. The molecule has 7 nitrogen and oxygen atoms in total. The van der Waals surface area contributed by atoms with Gasteiger partial charge >= 0.3 is 0 Å². The van der Waals surface area contributed by atoms with Gasteiger partial charge in [-0.25, -0.2) is 5.06 Å². The first-order chi connectivity index (χ1) is 8.13. The maximum absolute atomic E-state index is 5.47. The van der Waals surface area contributed by atoms with Gasteiger partial charge in [-0.15, -0.1) is 0 Å². The predicted octanol–water partition coefficient (Wildman–Crippen LogP) is 0.984. The van der Waals surface area contributed by atoms with Gasteiger partial charge in [-0.3, -0.25) is 4.84 Å². The Morgan fingerprint density at radius 3 is 2.29 bits per heavy atom. The highest BCUT2D eigenvalue weighted by Gasteiger charge is 2.07. The lowest BCUT2D eigenvalue weighted by Crippen LogP contribution is -2.22. The molecule has 0 atom stereocenters. The first kappa shape index (κ1) is 13.4. The molecule has 7 heteroatoms. The Hall–Kier alpha value is -1.63. The van der Waals surface area contributed by atoms with Gasteiger partial charge in [0.25, 0.3) is 5.95 Å². The zero-order valence-electron chi connectivity index (χ0n) is 10.4. The number of unbranched alkanes of at least 4 members (excludes halogenated alkanes) is 3. The lowest BCUT2D eigenvalue weighted by molar-refractivity contribution is 0.114. The van der Waals surface area contributed by atoms with Crippen molar-refractivity contribution in [1.29, 1.82) is 0 Å². The summed E-state index contributed by atoms with van der Waals surface area (Å²) >= 11 is 0. The standard InChI is InChI=1S/C10H20N6O/c1-3-4-5-6-7-17-16(2)10-14-8(11)13-9(12)15-10/h3-7H2,1-2H3,(H4,11,12,13,14,15). The fraction of sp³-hybridized carbons (Fsp3) is 0.700. The molecular weight excluding hydrogens is 220 g/mol. The minimum Gasteiger partial charge on any atom is -0.368 e. The van der Waals surface area contributed by atoms with Crippen LogP contribution in [0.15, 0.2) is 0 Å². The molecule has 1 aromatic rings. The number of rotatable bonds is 7. The van der Waals surface area contributed by atoms with Gasteiger partial charge in [0.05, 0.1) is 6.61 Å². The van der Waals surface area contributed by atoms with Crippen molar-refractivity contribution in [3.05, 3.63) is 0 Å². The Balaban J connectivity index is 2.38. The second-order valence-electron chi connectivity index (χ2n) is 3.74. The highest BCUT2D eigenvalue weighted by Crippen LogP contribution is 2.09. The number of aromatic nitrogens is 3. The van der Waals surface area contributed by atoms with Crippen LogP contribution >= 0.6 is 0 Å². The minimum atomic E-state index is 0.0916. The molecule has 0 radical (unpaired) electrons. The van der Waals surface area contributed by atoms with E-state index in [0.717, 1.165) is 12.8 Å². The summed E-state index contributed by atoms with van der Waals surface area (Å²) in [5.74, 6) is 0.508. The van der Waals surface area contributed by atoms with Crippen LogP contribution in [0.3, 0.4) is 0 Å². The zero-order valence-corrected chi connectivity index (χ0v) is 10.4. The van der Waals surface area contributed by atoms with Crippen LogP contribution in [0.5, 0.6) is 0 Å². The average Bonchev–Trinajstić information content (AvgIpc) is 2.27. The molecule has 0 saturated carbocycles. The lowest BCUT2D eigenvalue weighted by atomic mass is 10.2. The predicted molar refractivity (Wildman–Crippen MR) is 67.1 cm³/mol. The molecular formula is C10H20N6O. The quantitative estimate of drug-likeness (QED) is 0.541. The van der Waals surface area contributed by atoms with Crippen molar-refractivity contribution in [2.45, 2.75) is 32.6 Å². The molecule has 0 amide bonds. The molecule has 0 aromatic carbocycles. The van der Waals surface area contributed by atoms with Crippen LogP contribution in [0.1, 0.15) is 32.6 Å². The van der Waals surface area contributed by atoms with Gasteiger partial charge in [0.1, 0.15) is 0 Å². The first-order valence-corrected chi connectivity index (χ1v) is 5.77. The Labute approximate surface area is 101 Å². The SMILES string of the molecule is CCCCCCON(C)c1nc(N)nc(N)n1. The van der Waals surface area contributed by atoms with Gasteiger partial charge in [-0.2, -0.15) is 15.0 Å². The van der Waals surface area contributed by atoms with E-state index in [1.165, 1.54) is 17.9 Å². The van der Waals surface area contributed by atoms with E-state index < -0.39 is 0 Å². The van der Waals surface area contributed by atoms with Gasteiger partial charge in [0.15, 0.2) is 0 Å². The molecule has 1 aromatic heterocycles. The number of hydrogen-bond donors (Lipinski definition) is 2. The summed E-state index contributed by atoms with van der Waals surface area (Å²) in [4.78, 5) is 17.0. The van der Waals surface area contributed by atoms with E-state index in [0.29, 0.717) is 12.6 Å². The summed E-state index contributed by atoms with van der Waals surface area (Å²) in [6, 6.07) is 0. The highest BCUT2D eigenvalue weighted by molar-refractivity contribution is 5.36. The number of hydroxylamine groups is 1. The molecule has 0 bridgehead atoms. The van der Waals surface area contributed by atoms with Crippen LogP contribution in [0.25, 0.3) is 0 Å². The first-order valence-electron chi connectivity index (χ1n) is 5.77. The summed E-state index contributed by atoms with van der Waals surface area (Å²) in [6.45, 7) is 2.80. The number of anilines is 3. The van der Waals surface area contributed by atoms with Gasteiger partial charge < -0.3 is 11.5 Å². The summed E-state index contributed by atoms with van der Waals surface area (Å²) in [6.07, 6.45) is 4.59. The van der Waals surface area contributed by atoms with Crippen LogP contribution in [-0.4, -0.2) is 28.6 Å². The summed E-state index contributed by atoms with van der Waals surface area (Å²) in [5.41, 5.74) is 10.9. The molecule has 1 rings (SSSR count). The average molecular weight is 240 g/mol. The van der Waals surface area contributed by atoms with Crippen molar-refractivity contribution in [3.8, 4) is 0 Å². The monoisotopic (exact) mass is 240 g/mol. The van der Waals surface area contributed by atoms with Crippen LogP contribution < -0.4 is 16.5 Å². The molecule has 96 valence electrons. The third kappa shape index (κ3) is 4.81. The van der Waals surface area contributed by atoms with Crippen LogP contribution in [0, 0.1) is 0 Å². The summed E-state index contributed by atoms with van der Waals surface area (Å²) in [5, 5.41) is 1.46. The Bertz CT molecular complexity index is 325. The van der Waals surface area contributed by atoms with Gasteiger partial charge in [0, 0.05) is 7.05 Å². The second kappa shape index (κ2) is 6.85. The number of nitrogen functional groups attached to an aromatic ring is 2. The Morgan fingerprint density at radius 2 is 1.71 bits per heavy atom. The largest absolute Gasteiger partial charge is 0.368 e. The number of hydrogen-bond acceptors (Lipinski definition) is 7. The van der Waals surface area contributed by atoms with Crippen molar-refractivity contribution >= 4 is 17.8 Å². The van der Waals surface area contributed by atoms with Gasteiger partial charge in [-0.1, -0.05) is 26.2 Å². The van der Waals surface area contributed by atoms with E-state index in [1.807, 2.05) is 0 Å². The maximum atomic E-state index is 5.47. The topological polar surface area (TPSA) is 103 Å². The van der Waals surface area contributed by atoms with Crippen LogP contribution in [-0.2, 0) is 4.84 Å². The fourth-order valence-corrected chi connectivity index (χ4v) is 1.33. The highest BCUT2D eigenvalue weighted by atomic mass is 16.7. The van der Waals surface area contributed by atoms with Crippen molar-refractivity contribution in [2.24, 2.45) is 0 Å². The zero-order chi connectivity index (χ0) is 12.7. The van der Waals surface area contributed by atoms with Crippen LogP contribution in [0.2, 0.25) is 0 Å². The van der Waals surface area contributed by atoms with Crippen molar-refractivity contribution in [2.75, 3.05) is 30.2 Å². The third-order valence-corrected chi connectivity index (χ3v) is 2.22. The maximum Gasteiger partial charge on any atom is 0.256 e. The second-order valence-corrected chi connectivity index (χ2v) is 3.74. The van der Waals surface area contributed by atoms with Crippen molar-refractivity contribution < 1.29 is 4.84 Å². The minimum absolute atomic E-state index is 0.0916. The fourth-order valence-electron chi connectivity index (χ4n) is 1.33. The third-order valence-electron chi connectivity index (χ3n) is 2.22. The Kier molecular flexibility index (Phi) is 5.41. The van der Waals surface area contributed by atoms with Crippen LogP contribution in [0.4, 0.5) is 17.8 Å². The number of nitrogens with two attached hydrogens (primary N) is 2. The molecule has 0 aliphatic rings. The van der Waals surface area contributed by atoms with E-state index in [4.69, 9.17) is 16.3 Å². The lowest BCUT2D eigenvalue weighted by Gasteiger charge is -2.16. The molecule has 4 N–H and O–H groups in total. The normalized spacial score (nSPS) is 10.5. The van der Waals surface area contributed by atoms with Gasteiger partial charge in [-0.05, 0) is 6.42 Å². The van der Waals surface area contributed by atoms with E-state index >= 15 is 0 Å². The summed E-state index contributed by atoms with van der Waals surface area (Å²) in [7, 11) is 1.72. The van der Waals surface area contributed by atoms with Gasteiger partial charge in [0.2, 0.25) is 11.9 Å². The molecule has 0 fully saturated rings. The number of nitrogens with zero attached hydrogens (tertiary/aromatic N) is 4. The molecule has 1 heterocycles.